The Morgan fingerprint density at radius 2 is 1.86 bits per heavy atom. The van der Waals surface area contributed by atoms with Gasteiger partial charge in [0.1, 0.15) is 5.69 Å². The van der Waals surface area contributed by atoms with E-state index in [4.69, 9.17) is 0 Å². The van der Waals surface area contributed by atoms with Crippen molar-refractivity contribution in [1.29, 1.82) is 0 Å². The van der Waals surface area contributed by atoms with Crippen LogP contribution < -0.4 is 5.32 Å². The highest BCUT2D eigenvalue weighted by molar-refractivity contribution is 7.91. The van der Waals surface area contributed by atoms with Crippen LogP contribution in [0.5, 0.6) is 0 Å². The van der Waals surface area contributed by atoms with Crippen LogP contribution in [-0.4, -0.2) is 30.7 Å². The third-order valence-electron chi connectivity index (χ3n) is 3.53. The van der Waals surface area contributed by atoms with Gasteiger partial charge in [-0.2, -0.15) is 0 Å². The summed E-state index contributed by atoms with van der Waals surface area (Å²) in [5.74, 6) is -0.369. The first-order valence-corrected chi connectivity index (χ1v) is 8.79. The molecule has 0 saturated heterocycles. The minimum Gasteiger partial charge on any atom is -0.347 e. The Kier molecular flexibility index (Phi) is 5.03. The second-order valence-electron chi connectivity index (χ2n) is 5.18. The number of hydrogen-bond donors (Lipinski definition) is 1. The Morgan fingerprint density at radius 1 is 1.18 bits per heavy atom. The van der Waals surface area contributed by atoms with E-state index in [1.165, 1.54) is 0 Å². The number of rotatable bonds is 6. The predicted molar refractivity (Wildman–Crippen MR) is 85.5 cm³/mol. The van der Waals surface area contributed by atoms with Crippen LogP contribution in [0.3, 0.4) is 0 Å². The van der Waals surface area contributed by atoms with Crippen molar-refractivity contribution in [1.82, 2.24) is 9.88 Å². The standard InChI is InChI=1S/C16H20N2O3S/c1-3-13(17-16(19)15-10-7-11-18(15)2)12-22(20,21)14-8-5-4-6-9-14/h4-11,13H,3,12H2,1-2H3,(H,17,19)/t13-/m1/s1. The van der Waals surface area contributed by atoms with Crippen molar-refractivity contribution in [3.8, 4) is 0 Å². The van der Waals surface area contributed by atoms with Crippen molar-refractivity contribution < 1.29 is 13.2 Å². The van der Waals surface area contributed by atoms with Crippen molar-refractivity contribution >= 4 is 15.7 Å². The van der Waals surface area contributed by atoms with Crippen LogP contribution in [0.1, 0.15) is 23.8 Å². The average Bonchev–Trinajstić information content (AvgIpc) is 2.93. The summed E-state index contributed by atoms with van der Waals surface area (Å²) >= 11 is 0. The highest BCUT2D eigenvalue weighted by atomic mass is 32.2. The fourth-order valence-electron chi connectivity index (χ4n) is 2.21. The third kappa shape index (κ3) is 3.76. The lowest BCUT2D eigenvalue weighted by atomic mass is 10.2. The monoisotopic (exact) mass is 320 g/mol. The van der Waals surface area contributed by atoms with Gasteiger partial charge in [-0.05, 0) is 30.7 Å². The van der Waals surface area contributed by atoms with Gasteiger partial charge in [0.05, 0.1) is 10.6 Å². The fourth-order valence-corrected chi connectivity index (χ4v) is 3.82. The molecular formula is C16H20N2O3S. The van der Waals surface area contributed by atoms with Gasteiger partial charge in [-0.15, -0.1) is 0 Å². The molecule has 2 rings (SSSR count). The van der Waals surface area contributed by atoms with E-state index < -0.39 is 15.9 Å². The van der Waals surface area contributed by atoms with Crippen molar-refractivity contribution in [2.45, 2.75) is 24.3 Å². The maximum absolute atomic E-state index is 12.4. The summed E-state index contributed by atoms with van der Waals surface area (Å²) in [5, 5.41) is 2.80. The van der Waals surface area contributed by atoms with E-state index in [1.54, 1.807) is 60.3 Å². The number of benzene rings is 1. The second-order valence-corrected chi connectivity index (χ2v) is 7.21. The number of aryl methyl sites for hydroxylation is 1. The molecule has 1 atom stereocenters. The Bertz CT molecular complexity index is 736. The molecule has 1 amide bonds. The zero-order chi connectivity index (χ0) is 16.2. The number of nitrogens with zero attached hydrogens (tertiary/aromatic N) is 1. The maximum atomic E-state index is 12.4. The Balaban J connectivity index is 2.10. The molecule has 1 aromatic carbocycles. The van der Waals surface area contributed by atoms with Gasteiger partial charge in [0.2, 0.25) is 0 Å². The summed E-state index contributed by atoms with van der Waals surface area (Å²) in [6.07, 6.45) is 2.32. The molecule has 0 radical (unpaired) electrons. The van der Waals surface area contributed by atoms with Gasteiger partial charge in [0, 0.05) is 19.3 Å². The normalized spacial score (nSPS) is 12.8. The van der Waals surface area contributed by atoms with Gasteiger partial charge in [-0.25, -0.2) is 8.42 Å². The number of sulfone groups is 1. The molecule has 0 aliphatic rings. The Morgan fingerprint density at radius 3 is 2.41 bits per heavy atom. The maximum Gasteiger partial charge on any atom is 0.268 e. The molecule has 5 nitrogen and oxygen atoms in total. The molecular weight excluding hydrogens is 300 g/mol. The molecule has 0 aliphatic heterocycles. The van der Waals surface area contributed by atoms with Crippen LogP contribution in [0.15, 0.2) is 53.6 Å². The van der Waals surface area contributed by atoms with Crippen LogP contribution in [0.25, 0.3) is 0 Å². The first kappa shape index (κ1) is 16.3. The lowest BCUT2D eigenvalue weighted by Crippen LogP contribution is -2.40. The molecule has 2 aromatic rings. The van der Waals surface area contributed by atoms with E-state index in [2.05, 4.69) is 5.32 Å². The topological polar surface area (TPSA) is 68.2 Å². The summed E-state index contributed by atoms with van der Waals surface area (Å²) in [4.78, 5) is 12.5. The average molecular weight is 320 g/mol. The van der Waals surface area contributed by atoms with Crippen LogP contribution in [0.2, 0.25) is 0 Å². The number of amides is 1. The van der Waals surface area contributed by atoms with Gasteiger partial charge in [-0.1, -0.05) is 25.1 Å². The summed E-state index contributed by atoms with van der Waals surface area (Å²) in [6, 6.07) is 11.3. The number of nitrogens with one attached hydrogen (secondary N) is 1. The van der Waals surface area contributed by atoms with E-state index in [-0.39, 0.29) is 16.6 Å². The lowest BCUT2D eigenvalue weighted by molar-refractivity contribution is 0.0931. The van der Waals surface area contributed by atoms with Crippen LogP contribution >= 0.6 is 0 Å². The number of hydrogen-bond acceptors (Lipinski definition) is 3. The van der Waals surface area contributed by atoms with E-state index >= 15 is 0 Å². The van der Waals surface area contributed by atoms with E-state index in [9.17, 15) is 13.2 Å². The summed E-state index contributed by atoms with van der Waals surface area (Å²) < 4.78 is 26.5. The molecule has 0 spiro atoms. The molecule has 0 saturated carbocycles. The largest absolute Gasteiger partial charge is 0.347 e. The van der Waals surface area contributed by atoms with Gasteiger partial charge in [-0.3, -0.25) is 4.79 Å². The molecule has 0 fully saturated rings. The quantitative estimate of drug-likeness (QED) is 0.885. The summed E-state index contributed by atoms with van der Waals surface area (Å²) in [5.41, 5.74) is 0.510. The molecule has 1 N–H and O–H groups in total. The van der Waals surface area contributed by atoms with Crippen molar-refractivity contribution in [3.63, 3.8) is 0 Å². The third-order valence-corrected chi connectivity index (χ3v) is 5.36. The smallest absolute Gasteiger partial charge is 0.268 e. The zero-order valence-corrected chi connectivity index (χ0v) is 13.5. The first-order chi connectivity index (χ1) is 10.4. The van der Waals surface area contributed by atoms with Crippen molar-refractivity contribution in [2.24, 2.45) is 7.05 Å². The molecule has 0 unspecified atom stereocenters. The minimum absolute atomic E-state index is 0.107. The van der Waals surface area contributed by atoms with Crippen LogP contribution in [-0.2, 0) is 16.9 Å². The van der Waals surface area contributed by atoms with E-state index in [0.717, 1.165) is 0 Å². The zero-order valence-electron chi connectivity index (χ0n) is 12.7. The van der Waals surface area contributed by atoms with Gasteiger partial charge in [0.25, 0.3) is 5.91 Å². The molecule has 0 aliphatic carbocycles. The molecule has 6 heteroatoms. The fraction of sp³-hybridized carbons (Fsp3) is 0.312. The molecule has 1 heterocycles. The minimum atomic E-state index is -3.42. The Hall–Kier alpha value is -2.08. The van der Waals surface area contributed by atoms with E-state index in [1.807, 2.05) is 6.92 Å². The number of aromatic nitrogens is 1. The van der Waals surface area contributed by atoms with Crippen molar-refractivity contribution in [2.75, 3.05) is 5.75 Å². The lowest BCUT2D eigenvalue weighted by Gasteiger charge is -2.17. The number of carbonyl (C=O) groups is 1. The second kappa shape index (κ2) is 6.79. The molecule has 1 aromatic heterocycles. The summed E-state index contributed by atoms with van der Waals surface area (Å²) in [6.45, 7) is 1.86. The van der Waals surface area contributed by atoms with Crippen LogP contribution in [0, 0.1) is 0 Å². The molecule has 22 heavy (non-hydrogen) atoms. The number of carbonyl (C=O) groups excluding carboxylic acids is 1. The van der Waals surface area contributed by atoms with E-state index in [0.29, 0.717) is 12.1 Å². The Labute approximate surface area is 130 Å². The molecule has 118 valence electrons. The first-order valence-electron chi connectivity index (χ1n) is 7.14. The predicted octanol–water partition coefficient (Wildman–Crippen LogP) is 2.01. The summed E-state index contributed by atoms with van der Waals surface area (Å²) in [7, 11) is -1.64. The highest BCUT2D eigenvalue weighted by Gasteiger charge is 2.22. The van der Waals surface area contributed by atoms with Crippen LogP contribution in [0.4, 0.5) is 0 Å². The van der Waals surface area contributed by atoms with Gasteiger partial charge in [0.15, 0.2) is 9.84 Å². The SMILES string of the molecule is CC[C@H](CS(=O)(=O)c1ccccc1)NC(=O)c1cccn1C. The molecule has 0 bridgehead atoms. The highest BCUT2D eigenvalue weighted by Crippen LogP contribution is 2.13. The van der Waals surface area contributed by atoms with Gasteiger partial charge >= 0.3 is 0 Å². The van der Waals surface area contributed by atoms with Gasteiger partial charge < -0.3 is 9.88 Å². The van der Waals surface area contributed by atoms with Crippen molar-refractivity contribution in [3.05, 3.63) is 54.4 Å².